The predicted molar refractivity (Wildman–Crippen MR) is 141 cm³/mol. The van der Waals surface area contributed by atoms with E-state index >= 15 is 0 Å². The Labute approximate surface area is 208 Å². The Morgan fingerprint density at radius 3 is 2.47 bits per heavy atom. The first-order valence-electron chi connectivity index (χ1n) is 11.4. The van der Waals surface area contributed by atoms with E-state index in [2.05, 4.69) is 27.8 Å². The van der Waals surface area contributed by atoms with Gasteiger partial charge in [-0.1, -0.05) is 25.0 Å². The second kappa shape index (κ2) is 14.9. The first-order chi connectivity index (χ1) is 15.2. The zero-order valence-corrected chi connectivity index (χ0v) is 21.3. The number of hydrogen-bond acceptors (Lipinski definition) is 4. The van der Waals surface area contributed by atoms with E-state index in [1.807, 2.05) is 24.3 Å². The molecule has 2 aromatic rings. The van der Waals surface area contributed by atoms with E-state index in [0.717, 1.165) is 43.3 Å². The molecule has 0 aliphatic carbocycles. The third kappa shape index (κ3) is 9.20. The number of anilines is 1. The molecule has 0 spiro atoms. The molecule has 1 aliphatic heterocycles. The number of amides is 1. The van der Waals surface area contributed by atoms with Crippen LogP contribution in [0.15, 0.2) is 52.1 Å². The minimum atomic E-state index is -0.255. The molecule has 1 aromatic heterocycles. The third-order valence-electron chi connectivity index (χ3n) is 5.36. The minimum Gasteiger partial charge on any atom is -0.459 e. The Hall–Kier alpha value is -2.07. The second-order valence-corrected chi connectivity index (χ2v) is 7.86. The second-order valence-electron chi connectivity index (χ2n) is 7.86. The number of nitrogens with zero attached hydrogens (tertiary/aromatic N) is 2. The van der Waals surface area contributed by atoms with Crippen molar-refractivity contribution in [2.45, 2.75) is 45.6 Å². The summed E-state index contributed by atoms with van der Waals surface area (Å²) in [6.07, 6.45) is 8.04. The number of likely N-dealkylation sites (tertiary alicyclic amines) is 1. The average molecular weight is 553 g/mol. The maximum absolute atomic E-state index is 12.0. The van der Waals surface area contributed by atoms with Gasteiger partial charge in [0.05, 0.1) is 12.8 Å². The van der Waals surface area contributed by atoms with Crippen molar-refractivity contribution in [1.29, 1.82) is 0 Å². The topological polar surface area (TPSA) is 81.9 Å². The van der Waals surface area contributed by atoms with Crippen LogP contribution in [-0.4, -0.2) is 49.5 Å². The van der Waals surface area contributed by atoms with Crippen molar-refractivity contribution in [2.75, 3.05) is 38.0 Å². The van der Waals surface area contributed by atoms with Crippen molar-refractivity contribution in [3.05, 3.63) is 54.0 Å². The number of guanidine groups is 1. The zero-order valence-electron chi connectivity index (χ0n) is 18.9. The monoisotopic (exact) mass is 553 g/mol. The minimum absolute atomic E-state index is 0. The summed E-state index contributed by atoms with van der Waals surface area (Å²) in [4.78, 5) is 19.3. The van der Waals surface area contributed by atoms with Crippen LogP contribution >= 0.6 is 24.0 Å². The Kier molecular flexibility index (Phi) is 12.2. The summed E-state index contributed by atoms with van der Waals surface area (Å²) in [5.41, 5.74) is 1.81. The van der Waals surface area contributed by atoms with Crippen LogP contribution in [0.1, 0.15) is 55.1 Å². The Balaban J connectivity index is 0.00000363. The molecular weight excluding hydrogens is 517 g/mol. The summed E-state index contributed by atoms with van der Waals surface area (Å²) in [6.45, 7) is 8.03. The number of benzene rings is 1. The fraction of sp³-hybridized carbons (Fsp3) is 0.500. The van der Waals surface area contributed by atoms with Crippen molar-refractivity contribution >= 4 is 41.5 Å². The first kappa shape index (κ1) is 26.2. The lowest BCUT2D eigenvalue weighted by Gasteiger charge is -2.20. The van der Waals surface area contributed by atoms with Gasteiger partial charge in [0.15, 0.2) is 11.7 Å². The molecule has 2 heterocycles. The van der Waals surface area contributed by atoms with Gasteiger partial charge < -0.3 is 25.3 Å². The van der Waals surface area contributed by atoms with Crippen LogP contribution in [0.2, 0.25) is 0 Å². The maximum atomic E-state index is 12.0. The smallest absolute Gasteiger partial charge is 0.291 e. The van der Waals surface area contributed by atoms with E-state index in [9.17, 15) is 4.79 Å². The molecule has 32 heavy (non-hydrogen) atoms. The Bertz CT molecular complexity index is 800. The molecule has 0 unspecified atom stereocenters. The largest absolute Gasteiger partial charge is 0.459 e. The normalized spacial score (nSPS) is 14.8. The van der Waals surface area contributed by atoms with Crippen molar-refractivity contribution in [3.63, 3.8) is 0 Å². The number of carbonyl (C=O) groups excluding carboxylic acids is 1. The van der Waals surface area contributed by atoms with Gasteiger partial charge in [0.25, 0.3) is 5.91 Å². The van der Waals surface area contributed by atoms with Crippen molar-refractivity contribution in [3.8, 4) is 0 Å². The van der Waals surface area contributed by atoms with E-state index in [0.29, 0.717) is 12.3 Å². The van der Waals surface area contributed by atoms with E-state index in [1.54, 1.807) is 12.1 Å². The SMILES string of the molecule is CCNC(=NCc1ccc(NC(=O)c2ccco2)cc1)NCCCN1CCCCCC1.I. The molecule has 3 N–H and O–H groups in total. The number of halogens is 1. The van der Waals surface area contributed by atoms with Gasteiger partial charge in [-0.05, 0) is 75.6 Å². The maximum Gasteiger partial charge on any atom is 0.291 e. The molecule has 0 atom stereocenters. The summed E-state index contributed by atoms with van der Waals surface area (Å²) < 4.78 is 5.11. The number of rotatable bonds is 9. The van der Waals surface area contributed by atoms with E-state index in [4.69, 9.17) is 9.41 Å². The van der Waals surface area contributed by atoms with Gasteiger partial charge in [-0.3, -0.25) is 4.79 Å². The van der Waals surface area contributed by atoms with Gasteiger partial charge in [0.2, 0.25) is 0 Å². The highest BCUT2D eigenvalue weighted by atomic mass is 127. The van der Waals surface area contributed by atoms with Gasteiger partial charge in [-0.25, -0.2) is 4.99 Å². The molecule has 176 valence electrons. The highest BCUT2D eigenvalue weighted by Crippen LogP contribution is 2.13. The number of hydrogen-bond donors (Lipinski definition) is 3. The summed E-state index contributed by atoms with van der Waals surface area (Å²) in [5, 5.41) is 9.58. The first-order valence-corrected chi connectivity index (χ1v) is 11.4. The van der Waals surface area contributed by atoms with Gasteiger partial charge >= 0.3 is 0 Å². The highest BCUT2D eigenvalue weighted by molar-refractivity contribution is 14.0. The summed E-state index contributed by atoms with van der Waals surface area (Å²) in [6, 6.07) is 11.1. The van der Waals surface area contributed by atoms with E-state index in [-0.39, 0.29) is 29.9 Å². The molecule has 0 saturated carbocycles. The molecule has 0 bridgehead atoms. The van der Waals surface area contributed by atoms with Crippen LogP contribution in [0.25, 0.3) is 0 Å². The zero-order chi connectivity index (χ0) is 21.7. The molecule has 1 saturated heterocycles. The van der Waals surface area contributed by atoms with Gasteiger partial charge in [0, 0.05) is 18.8 Å². The lowest BCUT2D eigenvalue weighted by Crippen LogP contribution is -2.39. The molecule has 7 nitrogen and oxygen atoms in total. The number of furan rings is 1. The fourth-order valence-electron chi connectivity index (χ4n) is 3.68. The van der Waals surface area contributed by atoms with E-state index < -0.39 is 0 Å². The number of nitrogens with one attached hydrogen (secondary N) is 3. The molecule has 0 radical (unpaired) electrons. The predicted octanol–water partition coefficient (Wildman–Crippen LogP) is 4.47. The van der Waals surface area contributed by atoms with Crippen molar-refractivity contribution in [1.82, 2.24) is 15.5 Å². The Morgan fingerprint density at radius 2 is 1.81 bits per heavy atom. The van der Waals surface area contributed by atoms with Crippen LogP contribution in [0.3, 0.4) is 0 Å². The lowest BCUT2D eigenvalue weighted by molar-refractivity contribution is 0.0996. The summed E-state index contributed by atoms with van der Waals surface area (Å²) in [5.74, 6) is 0.883. The Morgan fingerprint density at radius 1 is 1.06 bits per heavy atom. The molecule has 3 rings (SSSR count). The molecular formula is C24H36IN5O2. The van der Waals surface area contributed by atoms with Crippen LogP contribution in [-0.2, 0) is 6.54 Å². The standard InChI is InChI=1S/C24H35N5O2.HI/c1-2-25-24(26-14-8-17-29-15-5-3-4-6-16-29)27-19-20-10-12-21(13-11-20)28-23(30)22-9-7-18-31-22;/h7,9-13,18H,2-6,8,14-17,19H2,1H3,(H,28,30)(H2,25,26,27);1H. The summed E-state index contributed by atoms with van der Waals surface area (Å²) in [7, 11) is 0. The van der Waals surface area contributed by atoms with Gasteiger partial charge in [-0.2, -0.15) is 0 Å². The third-order valence-corrected chi connectivity index (χ3v) is 5.36. The van der Waals surface area contributed by atoms with Crippen LogP contribution in [0.5, 0.6) is 0 Å². The quantitative estimate of drug-likeness (QED) is 0.185. The molecule has 8 heteroatoms. The van der Waals surface area contributed by atoms with Crippen LogP contribution in [0.4, 0.5) is 5.69 Å². The van der Waals surface area contributed by atoms with E-state index in [1.165, 1.54) is 45.0 Å². The van der Waals surface area contributed by atoms with Gasteiger partial charge in [0.1, 0.15) is 0 Å². The average Bonchev–Trinajstić information content (AvgIpc) is 3.21. The van der Waals surface area contributed by atoms with Gasteiger partial charge in [-0.15, -0.1) is 24.0 Å². The van der Waals surface area contributed by atoms with Crippen LogP contribution in [0, 0.1) is 0 Å². The summed E-state index contributed by atoms with van der Waals surface area (Å²) >= 11 is 0. The molecule has 1 fully saturated rings. The molecule has 1 aromatic carbocycles. The number of aliphatic imine (C=N–C) groups is 1. The van der Waals surface area contributed by atoms with Crippen LogP contribution < -0.4 is 16.0 Å². The van der Waals surface area contributed by atoms with Crippen molar-refractivity contribution < 1.29 is 9.21 Å². The van der Waals surface area contributed by atoms with Crippen molar-refractivity contribution in [2.24, 2.45) is 4.99 Å². The fourth-order valence-corrected chi connectivity index (χ4v) is 3.68. The number of carbonyl (C=O) groups is 1. The molecule has 1 aliphatic rings. The lowest BCUT2D eigenvalue weighted by atomic mass is 10.2. The molecule has 1 amide bonds. The highest BCUT2D eigenvalue weighted by Gasteiger charge is 2.09.